The van der Waals surface area contributed by atoms with Crippen LogP contribution in [0.2, 0.25) is 0 Å². The lowest BCUT2D eigenvalue weighted by Crippen LogP contribution is -2.37. The lowest BCUT2D eigenvalue weighted by molar-refractivity contribution is 0.0374. The predicted octanol–water partition coefficient (Wildman–Crippen LogP) is 3.37. The van der Waals surface area contributed by atoms with Crippen LogP contribution >= 0.6 is 0 Å². The molecule has 0 unspecified atom stereocenters. The predicted molar refractivity (Wildman–Crippen MR) is 145 cm³/mol. The van der Waals surface area contributed by atoms with Crippen molar-refractivity contribution in [3.05, 3.63) is 54.6 Å². The molecule has 4 aromatic rings. The Kier molecular flexibility index (Phi) is 7.43. The van der Waals surface area contributed by atoms with E-state index in [1.165, 1.54) is 10.9 Å². The van der Waals surface area contributed by atoms with E-state index in [1.54, 1.807) is 12.7 Å². The molecule has 194 valence electrons. The van der Waals surface area contributed by atoms with Crippen molar-refractivity contribution in [2.45, 2.75) is 31.8 Å². The van der Waals surface area contributed by atoms with Crippen LogP contribution in [0.1, 0.15) is 24.8 Å². The van der Waals surface area contributed by atoms with Gasteiger partial charge in [-0.05, 0) is 49.4 Å². The van der Waals surface area contributed by atoms with Crippen molar-refractivity contribution < 1.29 is 9.47 Å². The minimum absolute atomic E-state index is 0.257. The SMILES string of the molecule is c1ccc2c(OC[C@H]3CCCN3c3ncnc4nc[nH]c34)ccc(CNCCCN3CCOCC3)c2c1. The van der Waals surface area contributed by atoms with Crippen molar-refractivity contribution in [2.75, 3.05) is 57.4 Å². The number of hydrogen-bond acceptors (Lipinski definition) is 8. The number of imidazole rings is 1. The Labute approximate surface area is 217 Å². The van der Waals surface area contributed by atoms with Crippen LogP contribution in [-0.2, 0) is 11.3 Å². The number of morpholine rings is 1. The van der Waals surface area contributed by atoms with Gasteiger partial charge in [-0.3, -0.25) is 4.90 Å². The molecule has 2 aromatic heterocycles. The molecule has 9 nitrogen and oxygen atoms in total. The fourth-order valence-corrected chi connectivity index (χ4v) is 5.53. The lowest BCUT2D eigenvalue weighted by atomic mass is 10.0. The fourth-order valence-electron chi connectivity index (χ4n) is 5.53. The van der Waals surface area contributed by atoms with Crippen molar-refractivity contribution in [2.24, 2.45) is 0 Å². The normalized spacial score (nSPS) is 18.7. The molecule has 1 atom stereocenters. The van der Waals surface area contributed by atoms with E-state index >= 15 is 0 Å². The molecule has 0 aliphatic carbocycles. The number of nitrogens with one attached hydrogen (secondary N) is 2. The first-order valence-corrected chi connectivity index (χ1v) is 13.4. The average Bonchev–Trinajstić information content (AvgIpc) is 3.62. The van der Waals surface area contributed by atoms with E-state index in [9.17, 15) is 0 Å². The van der Waals surface area contributed by atoms with Crippen LogP contribution in [0.4, 0.5) is 5.82 Å². The summed E-state index contributed by atoms with van der Waals surface area (Å²) in [5, 5.41) is 6.05. The zero-order valence-electron chi connectivity index (χ0n) is 21.2. The van der Waals surface area contributed by atoms with E-state index in [0.717, 1.165) is 94.2 Å². The van der Waals surface area contributed by atoms with Crippen LogP contribution in [-0.4, -0.2) is 83.4 Å². The Balaban J connectivity index is 1.09. The summed E-state index contributed by atoms with van der Waals surface area (Å²) in [6.45, 7) is 8.39. The third-order valence-corrected chi connectivity index (χ3v) is 7.50. The zero-order chi connectivity index (χ0) is 24.9. The Hall–Kier alpha value is -3.27. The summed E-state index contributed by atoms with van der Waals surface area (Å²) in [5.74, 6) is 1.85. The minimum atomic E-state index is 0.257. The summed E-state index contributed by atoms with van der Waals surface area (Å²) in [5.41, 5.74) is 2.90. The molecule has 37 heavy (non-hydrogen) atoms. The van der Waals surface area contributed by atoms with E-state index in [4.69, 9.17) is 9.47 Å². The van der Waals surface area contributed by atoms with E-state index in [1.807, 2.05) is 0 Å². The number of anilines is 1. The summed E-state index contributed by atoms with van der Waals surface area (Å²) in [4.78, 5) is 21.1. The molecule has 2 aromatic carbocycles. The van der Waals surface area contributed by atoms with Crippen LogP contribution in [0, 0.1) is 0 Å². The highest BCUT2D eigenvalue weighted by molar-refractivity contribution is 5.91. The van der Waals surface area contributed by atoms with Crippen molar-refractivity contribution in [3.8, 4) is 5.75 Å². The van der Waals surface area contributed by atoms with Gasteiger partial charge >= 0.3 is 0 Å². The van der Waals surface area contributed by atoms with Gasteiger partial charge in [0.25, 0.3) is 0 Å². The number of nitrogens with zero attached hydrogens (tertiary/aromatic N) is 5. The van der Waals surface area contributed by atoms with Crippen LogP contribution in [0.5, 0.6) is 5.75 Å². The number of ether oxygens (including phenoxy) is 2. The Morgan fingerprint density at radius 2 is 1.92 bits per heavy atom. The van der Waals surface area contributed by atoms with Gasteiger partial charge in [0.2, 0.25) is 0 Å². The maximum Gasteiger partial charge on any atom is 0.182 e. The van der Waals surface area contributed by atoms with Crippen LogP contribution in [0.3, 0.4) is 0 Å². The number of rotatable bonds is 10. The first-order chi connectivity index (χ1) is 18.4. The number of benzene rings is 2. The van der Waals surface area contributed by atoms with E-state index < -0.39 is 0 Å². The molecule has 2 saturated heterocycles. The largest absolute Gasteiger partial charge is 0.491 e. The maximum absolute atomic E-state index is 6.47. The second-order valence-corrected chi connectivity index (χ2v) is 9.85. The van der Waals surface area contributed by atoms with Gasteiger partial charge < -0.3 is 24.7 Å². The topological polar surface area (TPSA) is 91.4 Å². The molecule has 0 spiro atoms. The highest BCUT2D eigenvalue weighted by Gasteiger charge is 2.28. The molecule has 0 amide bonds. The van der Waals surface area contributed by atoms with Gasteiger partial charge in [0.05, 0.1) is 25.6 Å². The van der Waals surface area contributed by atoms with Crippen LogP contribution in [0.15, 0.2) is 49.1 Å². The molecule has 6 rings (SSSR count). The molecule has 9 heteroatoms. The van der Waals surface area contributed by atoms with E-state index in [2.05, 4.69) is 71.5 Å². The quantitative estimate of drug-likeness (QED) is 0.320. The number of aromatic amines is 1. The first kappa shape index (κ1) is 24.1. The summed E-state index contributed by atoms with van der Waals surface area (Å²) in [6, 6.07) is 13.2. The molecule has 0 saturated carbocycles. The van der Waals surface area contributed by atoms with E-state index in [-0.39, 0.29) is 6.04 Å². The van der Waals surface area contributed by atoms with Crippen LogP contribution < -0.4 is 15.0 Å². The van der Waals surface area contributed by atoms with Crippen molar-refractivity contribution in [3.63, 3.8) is 0 Å². The monoisotopic (exact) mass is 501 g/mol. The summed E-state index contributed by atoms with van der Waals surface area (Å²) in [6.07, 6.45) is 6.61. The van der Waals surface area contributed by atoms with Gasteiger partial charge in [-0.25, -0.2) is 15.0 Å². The van der Waals surface area contributed by atoms with Gasteiger partial charge in [-0.1, -0.05) is 30.3 Å². The van der Waals surface area contributed by atoms with Gasteiger partial charge in [-0.2, -0.15) is 0 Å². The Bertz CT molecular complexity index is 1320. The smallest absolute Gasteiger partial charge is 0.182 e. The summed E-state index contributed by atoms with van der Waals surface area (Å²) >= 11 is 0. The summed E-state index contributed by atoms with van der Waals surface area (Å²) in [7, 11) is 0. The third-order valence-electron chi connectivity index (χ3n) is 7.50. The number of aromatic nitrogens is 4. The lowest BCUT2D eigenvalue weighted by Gasteiger charge is -2.26. The first-order valence-electron chi connectivity index (χ1n) is 13.4. The van der Waals surface area contributed by atoms with Crippen LogP contribution in [0.25, 0.3) is 21.9 Å². The second kappa shape index (κ2) is 11.4. The Morgan fingerprint density at radius 3 is 2.84 bits per heavy atom. The number of hydrogen-bond donors (Lipinski definition) is 2. The van der Waals surface area contributed by atoms with Gasteiger partial charge in [-0.15, -0.1) is 0 Å². The molecule has 0 radical (unpaired) electrons. The van der Waals surface area contributed by atoms with Crippen molar-refractivity contribution in [1.82, 2.24) is 30.2 Å². The second-order valence-electron chi connectivity index (χ2n) is 9.85. The Morgan fingerprint density at radius 1 is 1.03 bits per heavy atom. The molecule has 2 aliphatic heterocycles. The highest BCUT2D eigenvalue weighted by atomic mass is 16.5. The number of H-pyrrole nitrogens is 1. The molecule has 0 bridgehead atoms. The standard InChI is InChI=1S/C28H35N7O2/c1-2-7-24-23(6-1)21(17-29-10-4-11-34-13-15-36-16-14-34)8-9-25(24)37-18-22-5-3-12-35(22)28-26-27(31-19-30-26)32-20-33-28/h1-2,6-9,19-20,22,29H,3-5,10-18H2,(H,30,31,32,33)/t22-/m1/s1. The zero-order valence-corrected chi connectivity index (χ0v) is 21.2. The average molecular weight is 502 g/mol. The van der Waals surface area contributed by atoms with Crippen molar-refractivity contribution in [1.29, 1.82) is 0 Å². The van der Waals surface area contributed by atoms with Gasteiger partial charge in [0, 0.05) is 31.6 Å². The van der Waals surface area contributed by atoms with Gasteiger partial charge in [0.1, 0.15) is 24.2 Å². The highest BCUT2D eigenvalue weighted by Crippen LogP contribution is 2.31. The van der Waals surface area contributed by atoms with E-state index in [0.29, 0.717) is 12.3 Å². The van der Waals surface area contributed by atoms with Gasteiger partial charge in [0.15, 0.2) is 11.5 Å². The molecule has 2 fully saturated rings. The molecular formula is C28H35N7O2. The molecule has 4 heterocycles. The number of fused-ring (bicyclic) bond motifs is 2. The minimum Gasteiger partial charge on any atom is -0.491 e. The maximum atomic E-state index is 6.47. The molecule has 2 N–H and O–H groups in total. The fraction of sp³-hybridized carbons (Fsp3) is 0.464. The third kappa shape index (κ3) is 5.39. The molecular weight excluding hydrogens is 466 g/mol. The molecule has 2 aliphatic rings. The summed E-state index contributed by atoms with van der Waals surface area (Å²) < 4.78 is 11.9. The van der Waals surface area contributed by atoms with Crippen molar-refractivity contribution >= 4 is 27.8 Å².